The molecule has 0 bridgehead atoms. The number of halogens is 1. The first kappa shape index (κ1) is 20.0. The second kappa shape index (κ2) is 7.98. The number of para-hydroxylation sites is 2. The number of aryl methyl sites for hydroxylation is 1. The molecule has 2 heterocycles. The molecule has 0 radical (unpaired) electrons. The van der Waals surface area contributed by atoms with E-state index in [1.165, 1.54) is 0 Å². The predicted octanol–water partition coefficient (Wildman–Crippen LogP) is 5.05. The first-order valence-corrected chi connectivity index (χ1v) is 10.6. The van der Waals surface area contributed by atoms with Crippen LogP contribution in [0.2, 0.25) is 5.02 Å². The summed E-state index contributed by atoms with van der Waals surface area (Å²) in [4.78, 5) is 22.8. The number of nitrogen functional groups attached to an aromatic ring is 1. The molecular formula is C25H20ClN5O. The van der Waals surface area contributed by atoms with E-state index < -0.39 is 0 Å². The van der Waals surface area contributed by atoms with E-state index in [4.69, 9.17) is 27.3 Å². The van der Waals surface area contributed by atoms with Crippen LogP contribution in [-0.4, -0.2) is 20.4 Å². The van der Waals surface area contributed by atoms with Gasteiger partial charge in [-0.3, -0.25) is 9.36 Å². The van der Waals surface area contributed by atoms with E-state index in [0.29, 0.717) is 39.6 Å². The molecule has 5 aromatic rings. The highest BCUT2D eigenvalue weighted by molar-refractivity contribution is 6.30. The van der Waals surface area contributed by atoms with E-state index in [2.05, 4.69) is 5.32 Å². The van der Waals surface area contributed by atoms with Crippen molar-refractivity contribution in [2.24, 2.45) is 0 Å². The zero-order valence-corrected chi connectivity index (χ0v) is 18.1. The number of carbonyl (C=O) groups is 1. The number of hydrogen-bond donors (Lipinski definition) is 2. The maximum Gasteiger partial charge on any atom is 0.257 e. The highest BCUT2D eigenvalue weighted by Gasteiger charge is 2.24. The molecular weight excluding hydrogens is 422 g/mol. The molecule has 3 N–H and O–H groups in total. The third-order valence-electron chi connectivity index (χ3n) is 5.35. The van der Waals surface area contributed by atoms with Gasteiger partial charge < -0.3 is 11.1 Å². The summed E-state index contributed by atoms with van der Waals surface area (Å²) in [6.07, 6.45) is 0. The van der Waals surface area contributed by atoms with Gasteiger partial charge in [0, 0.05) is 17.3 Å². The summed E-state index contributed by atoms with van der Waals surface area (Å²) in [5, 5.41) is 3.59. The minimum Gasteiger partial charge on any atom is -0.384 e. The molecule has 0 aliphatic rings. The smallest absolute Gasteiger partial charge is 0.257 e. The first-order valence-electron chi connectivity index (χ1n) is 10.2. The van der Waals surface area contributed by atoms with Gasteiger partial charge in [0.15, 0.2) is 5.65 Å². The van der Waals surface area contributed by atoms with Gasteiger partial charge >= 0.3 is 0 Å². The lowest BCUT2D eigenvalue weighted by Gasteiger charge is -2.09. The zero-order chi connectivity index (χ0) is 22.2. The van der Waals surface area contributed by atoms with Crippen molar-refractivity contribution in [3.8, 4) is 5.69 Å². The number of aromatic nitrogens is 3. The monoisotopic (exact) mass is 441 g/mol. The lowest BCUT2D eigenvalue weighted by atomic mass is 10.2. The van der Waals surface area contributed by atoms with Crippen LogP contribution in [0.3, 0.4) is 0 Å². The maximum absolute atomic E-state index is 13.3. The van der Waals surface area contributed by atoms with Crippen LogP contribution >= 0.6 is 11.6 Å². The largest absolute Gasteiger partial charge is 0.384 e. The van der Waals surface area contributed by atoms with Gasteiger partial charge in [-0.25, -0.2) is 9.97 Å². The minimum atomic E-state index is -0.307. The van der Waals surface area contributed by atoms with Crippen LogP contribution in [-0.2, 0) is 6.54 Å². The number of rotatable bonds is 4. The topological polar surface area (TPSA) is 85.8 Å². The van der Waals surface area contributed by atoms with E-state index in [0.717, 1.165) is 22.3 Å². The Labute approximate surface area is 189 Å². The fraction of sp³-hybridized carbons (Fsp3) is 0.0800. The van der Waals surface area contributed by atoms with Crippen molar-refractivity contribution in [3.63, 3.8) is 0 Å². The van der Waals surface area contributed by atoms with Crippen LogP contribution in [0.25, 0.3) is 27.9 Å². The number of anilines is 1. The molecule has 7 heteroatoms. The normalized spacial score (nSPS) is 11.2. The SMILES string of the molecule is Cc1cccc(-n2c(N)c(C(=O)NCc3ccc(Cl)cc3)c3nc4ccccc4nc32)c1. The lowest BCUT2D eigenvalue weighted by Crippen LogP contribution is -2.24. The number of carbonyl (C=O) groups excluding carboxylic acids is 1. The summed E-state index contributed by atoms with van der Waals surface area (Å²) in [7, 11) is 0. The third-order valence-corrected chi connectivity index (χ3v) is 5.60. The number of amides is 1. The molecule has 0 atom stereocenters. The molecule has 158 valence electrons. The molecule has 1 amide bonds. The standard InChI is InChI=1S/C25H20ClN5O/c1-15-5-4-6-18(13-15)31-23(27)21(25(32)28-14-16-9-11-17(26)12-10-16)22-24(31)30-20-8-3-2-7-19(20)29-22/h2-13H,14,27H2,1H3,(H,28,32). The number of nitrogens with one attached hydrogen (secondary N) is 1. The molecule has 0 spiro atoms. The molecule has 3 aromatic carbocycles. The highest BCUT2D eigenvalue weighted by Crippen LogP contribution is 2.31. The van der Waals surface area contributed by atoms with Crippen molar-refractivity contribution >= 4 is 45.5 Å². The van der Waals surface area contributed by atoms with Gasteiger partial charge in [0.2, 0.25) is 0 Å². The Morgan fingerprint density at radius 1 is 1.00 bits per heavy atom. The second-order valence-electron chi connectivity index (χ2n) is 7.63. The summed E-state index contributed by atoms with van der Waals surface area (Å²) >= 11 is 5.95. The maximum atomic E-state index is 13.3. The number of hydrogen-bond acceptors (Lipinski definition) is 4. The van der Waals surface area contributed by atoms with Gasteiger partial charge in [0.05, 0.1) is 11.0 Å². The Balaban J connectivity index is 1.65. The summed E-state index contributed by atoms with van der Waals surface area (Å²) in [6.45, 7) is 2.35. The van der Waals surface area contributed by atoms with Crippen molar-refractivity contribution in [2.75, 3.05) is 5.73 Å². The second-order valence-corrected chi connectivity index (χ2v) is 8.06. The third kappa shape index (κ3) is 3.55. The van der Waals surface area contributed by atoms with Gasteiger partial charge in [-0.2, -0.15) is 0 Å². The first-order chi connectivity index (χ1) is 15.5. The molecule has 0 unspecified atom stereocenters. The summed E-state index contributed by atoms with van der Waals surface area (Å²) in [5.41, 5.74) is 12.2. The van der Waals surface area contributed by atoms with Gasteiger partial charge in [0.25, 0.3) is 5.91 Å². The molecule has 0 aliphatic heterocycles. The van der Waals surface area contributed by atoms with Gasteiger partial charge in [-0.1, -0.05) is 48.0 Å². The number of nitrogens with zero attached hydrogens (tertiary/aromatic N) is 3. The number of benzene rings is 3. The van der Waals surface area contributed by atoms with E-state index in [9.17, 15) is 4.79 Å². The zero-order valence-electron chi connectivity index (χ0n) is 17.3. The predicted molar refractivity (Wildman–Crippen MR) is 128 cm³/mol. The molecule has 2 aromatic heterocycles. The summed E-state index contributed by atoms with van der Waals surface area (Å²) in [6, 6.07) is 22.8. The van der Waals surface area contributed by atoms with E-state index in [1.807, 2.05) is 67.6 Å². The fourth-order valence-electron chi connectivity index (χ4n) is 3.79. The van der Waals surface area contributed by atoms with E-state index in [-0.39, 0.29) is 5.91 Å². The van der Waals surface area contributed by atoms with E-state index in [1.54, 1.807) is 16.7 Å². The van der Waals surface area contributed by atoms with Crippen molar-refractivity contribution in [1.29, 1.82) is 0 Å². The molecule has 32 heavy (non-hydrogen) atoms. The van der Waals surface area contributed by atoms with Crippen LogP contribution in [0.15, 0.2) is 72.8 Å². The summed E-state index contributed by atoms with van der Waals surface area (Å²) < 4.78 is 1.79. The highest BCUT2D eigenvalue weighted by atomic mass is 35.5. The number of fused-ring (bicyclic) bond motifs is 2. The van der Waals surface area contributed by atoms with Crippen LogP contribution < -0.4 is 11.1 Å². The molecule has 6 nitrogen and oxygen atoms in total. The van der Waals surface area contributed by atoms with Crippen LogP contribution in [0.4, 0.5) is 5.82 Å². The van der Waals surface area contributed by atoms with Crippen LogP contribution in [0.5, 0.6) is 0 Å². The minimum absolute atomic E-state index is 0.300. The van der Waals surface area contributed by atoms with Crippen molar-refractivity contribution in [3.05, 3.63) is 94.5 Å². The van der Waals surface area contributed by atoms with Crippen molar-refractivity contribution < 1.29 is 4.79 Å². The lowest BCUT2D eigenvalue weighted by molar-refractivity contribution is 0.0953. The molecule has 0 fully saturated rings. The van der Waals surface area contributed by atoms with Crippen LogP contribution in [0.1, 0.15) is 21.5 Å². The Kier molecular flexibility index (Phi) is 4.99. The molecule has 0 saturated carbocycles. The van der Waals surface area contributed by atoms with Crippen LogP contribution in [0, 0.1) is 6.92 Å². The van der Waals surface area contributed by atoms with E-state index >= 15 is 0 Å². The Morgan fingerprint density at radius 2 is 1.72 bits per heavy atom. The average Bonchev–Trinajstić information content (AvgIpc) is 3.07. The Morgan fingerprint density at radius 3 is 2.44 bits per heavy atom. The summed E-state index contributed by atoms with van der Waals surface area (Å²) in [5.74, 6) is -0.00653. The molecule has 0 aliphatic carbocycles. The number of nitrogens with two attached hydrogens (primary N) is 1. The van der Waals surface area contributed by atoms with Gasteiger partial charge in [-0.15, -0.1) is 0 Å². The van der Waals surface area contributed by atoms with Crippen molar-refractivity contribution in [1.82, 2.24) is 19.9 Å². The quantitative estimate of drug-likeness (QED) is 0.408. The van der Waals surface area contributed by atoms with Crippen molar-refractivity contribution in [2.45, 2.75) is 13.5 Å². The molecule has 0 saturated heterocycles. The fourth-order valence-corrected chi connectivity index (χ4v) is 3.91. The molecule has 5 rings (SSSR count). The Hall–Kier alpha value is -3.90. The van der Waals surface area contributed by atoms with Gasteiger partial charge in [0.1, 0.15) is 16.9 Å². The van der Waals surface area contributed by atoms with Gasteiger partial charge in [-0.05, 0) is 54.4 Å². The Bertz CT molecular complexity index is 1470. The average molecular weight is 442 g/mol.